The average Bonchev–Trinajstić information content (AvgIpc) is 2.73. The molecule has 2 rings (SSSR count). The number of hydrogen-bond acceptors (Lipinski definition) is 3. The topological polar surface area (TPSA) is 32.3 Å². The number of piperidine rings is 1. The molecular formula is C12H17BrN2OS. The molecule has 0 bridgehead atoms. The molecule has 1 amide bonds. The van der Waals surface area contributed by atoms with Gasteiger partial charge < -0.3 is 10.2 Å². The van der Waals surface area contributed by atoms with Crippen molar-refractivity contribution in [3.05, 3.63) is 20.8 Å². The SMILES string of the molecule is CC(=O)N1CCC(NCc2ccc(Br)s2)CC1. The lowest BCUT2D eigenvalue weighted by Crippen LogP contribution is -2.43. The van der Waals surface area contributed by atoms with Crippen LogP contribution in [0.1, 0.15) is 24.6 Å². The van der Waals surface area contributed by atoms with Crippen LogP contribution < -0.4 is 5.32 Å². The summed E-state index contributed by atoms with van der Waals surface area (Å²) in [6.45, 7) is 4.36. The molecule has 1 aliphatic rings. The van der Waals surface area contributed by atoms with E-state index in [9.17, 15) is 4.79 Å². The zero-order chi connectivity index (χ0) is 12.3. The van der Waals surface area contributed by atoms with Crippen LogP contribution in [0.3, 0.4) is 0 Å². The maximum Gasteiger partial charge on any atom is 0.219 e. The van der Waals surface area contributed by atoms with Gasteiger partial charge in [0.2, 0.25) is 5.91 Å². The highest BCUT2D eigenvalue weighted by molar-refractivity contribution is 9.11. The lowest BCUT2D eigenvalue weighted by atomic mass is 10.1. The predicted octanol–water partition coefficient (Wildman–Crippen LogP) is 2.61. The Balaban J connectivity index is 1.73. The van der Waals surface area contributed by atoms with Crippen molar-refractivity contribution in [2.45, 2.75) is 32.4 Å². The van der Waals surface area contributed by atoms with E-state index >= 15 is 0 Å². The first-order valence-electron chi connectivity index (χ1n) is 5.88. The molecule has 0 radical (unpaired) electrons. The van der Waals surface area contributed by atoms with Gasteiger partial charge in [0.1, 0.15) is 0 Å². The van der Waals surface area contributed by atoms with Gasteiger partial charge in [0, 0.05) is 37.5 Å². The lowest BCUT2D eigenvalue weighted by Gasteiger charge is -2.31. The molecule has 1 saturated heterocycles. The second-order valence-corrected chi connectivity index (χ2v) is 6.91. The normalized spacial score (nSPS) is 17.4. The van der Waals surface area contributed by atoms with Crippen LogP contribution in [-0.2, 0) is 11.3 Å². The third-order valence-electron chi connectivity index (χ3n) is 3.13. The van der Waals surface area contributed by atoms with Crippen LogP contribution in [0.5, 0.6) is 0 Å². The molecule has 1 fully saturated rings. The Hall–Kier alpha value is -0.390. The molecule has 5 heteroatoms. The molecule has 0 spiro atoms. The van der Waals surface area contributed by atoms with Gasteiger partial charge in [0.05, 0.1) is 3.79 Å². The minimum Gasteiger partial charge on any atom is -0.343 e. The number of thiophene rings is 1. The Kier molecular flexibility index (Phi) is 4.59. The molecular weight excluding hydrogens is 300 g/mol. The Labute approximate surface area is 114 Å². The van der Waals surface area contributed by atoms with Gasteiger partial charge in [-0.3, -0.25) is 4.79 Å². The van der Waals surface area contributed by atoms with Gasteiger partial charge in [-0.2, -0.15) is 0 Å². The molecule has 0 aliphatic carbocycles. The van der Waals surface area contributed by atoms with Gasteiger partial charge in [-0.1, -0.05) is 0 Å². The Morgan fingerprint density at radius 1 is 1.53 bits per heavy atom. The van der Waals surface area contributed by atoms with Crippen molar-refractivity contribution in [1.82, 2.24) is 10.2 Å². The van der Waals surface area contributed by atoms with Crippen LogP contribution in [0.15, 0.2) is 15.9 Å². The summed E-state index contributed by atoms with van der Waals surface area (Å²) < 4.78 is 1.18. The largest absolute Gasteiger partial charge is 0.343 e. The summed E-state index contributed by atoms with van der Waals surface area (Å²) >= 11 is 5.24. The minimum atomic E-state index is 0.200. The van der Waals surface area contributed by atoms with Crippen molar-refractivity contribution in [2.75, 3.05) is 13.1 Å². The van der Waals surface area contributed by atoms with Crippen LogP contribution in [0.4, 0.5) is 0 Å². The fourth-order valence-electron chi connectivity index (χ4n) is 2.09. The van der Waals surface area contributed by atoms with E-state index in [-0.39, 0.29) is 5.91 Å². The van der Waals surface area contributed by atoms with E-state index in [1.165, 1.54) is 8.66 Å². The summed E-state index contributed by atoms with van der Waals surface area (Å²) in [5.74, 6) is 0.200. The predicted molar refractivity (Wildman–Crippen MR) is 74.1 cm³/mol. The van der Waals surface area contributed by atoms with Gasteiger partial charge in [-0.05, 0) is 40.9 Å². The van der Waals surface area contributed by atoms with E-state index in [1.807, 2.05) is 4.90 Å². The summed E-state index contributed by atoms with van der Waals surface area (Å²) in [5, 5.41) is 3.56. The van der Waals surface area contributed by atoms with E-state index in [4.69, 9.17) is 0 Å². The second-order valence-electron chi connectivity index (χ2n) is 4.37. The first-order valence-corrected chi connectivity index (χ1v) is 7.49. The standard InChI is InChI=1S/C12H17BrN2OS/c1-9(16)15-6-4-10(5-7-15)14-8-11-2-3-12(13)17-11/h2-3,10,14H,4-8H2,1H3. The van der Waals surface area contributed by atoms with E-state index in [1.54, 1.807) is 18.3 Å². The smallest absolute Gasteiger partial charge is 0.219 e. The van der Waals surface area contributed by atoms with Crippen molar-refractivity contribution < 1.29 is 4.79 Å². The van der Waals surface area contributed by atoms with Gasteiger partial charge >= 0.3 is 0 Å². The number of nitrogens with zero attached hydrogens (tertiary/aromatic N) is 1. The Morgan fingerprint density at radius 2 is 2.24 bits per heavy atom. The first kappa shape index (κ1) is 13.1. The molecule has 0 atom stereocenters. The Morgan fingerprint density at radius 3 is 2.76 bits per heavy atom. The van der Waals surface area contributed by atoms with Crippen molar-refractivity contribution in [3.63, 3.8) is 0 Å². The van der Waals surface area contributed by atoms with Crippen LogP contribution in [0.2, 0.25) is 0 Å². The molecule has 17 heavy (non-hydrogen) atoms. The number of rotatable bonds is 3. The number of hydrogen-bond donors (Lipinski definition) is 1. The van der Waals surface area contributed by atoms with Crippen molar-refractivity contribution in [3.8, 4) is 0 Å². The number of likely N-dealkylation sites (tertiary alicyclic amines) is 1. The van der Waals surface area contributed by atoms with Crippen LogP contribution >= 0.6 is 27.3 Å². The molecule has 1 N–H and O–H groups in total. The average molecular weight is 317 g/mol. The van der Waals surface area contributed by atoms with Crippen molar-refractivity contribution in [2.24, 2.45) is 0 Å². The quantitative estimate of drug-likeness (QED) is 0.929. The third-order valence-corrected chi connectivity index (χ3v) is 4.76. The number of amides is 1. The summed E-state index contributed by atoms with van der Waals surface area (Å²) in [4.78, 5) is 14.5. The number of nitrogens with one attached hydrogen (secondary N) is 1. The van der Waals surface area contributed by atoms with Gasteiger partial charge in [-0.15, -0.1) is 11.3 Å². The molecule has 1 aliphatic heterocycles. The number of carbonyl (C=O) groups is 1. The van der Waals surface area contributed by atoms with Gasteiger partial charge in [-0.25, -0.2) is 0 Å². The summed E-state index contributed by atoms with van der Waals surface area (Å²) in [6.07, 6.45) is 2.12. The van der Waals surface area contributed by atoms with Crippen molar-refractivity contribution >= 4 is 33.2 Å². The number of halogens is 1. The fourth-order valence-corrected chi connectivity index (χ4v) is 3.52. The fraction of sp³-hybridized carbons (Fsp3) is 0.583. The molecule has 0 unspecified atom stereocenters. The maximum atomic E-state index is 11.2. The van der Waals surface area contributed by atoms with E-state index < -0.39 is 0 Å². The zero-order valence-corrected chi connectivity index (χ0v) is 12.3. The van der Waals surface area contributed by atoms with Crippen LogP contribution in [0.25, 0.3) is 0 Å². The second kappa shape index (κ2) is 5.98. The summed E-state index contributed by atoms with van der Waals surface area (Å²) in [7, 11) is 0. The third kappa shape index (κ3) is 3.79. The highest BCUT2D eigenvalue weighted by atomic mass is 79.9. The zero-order valence-electron chi connectivity index (χ0n) is 9.91. The maximum absolute atomic E-state index is 11.2. The Bertz CT molecular complexity index is 386. The summed E-state index contributed by atoms with van der Waals surface area (Å²) in [6, 6.07) is 4.78. The number of carbonyl (C=O) groups excluding carboxylic acids is 1. The molecule has 1 aromatic rings. The van der Waals surface area contributed by atoms with E-state index in [2.05, 4.69) is 33.4 Å². The molecule has 2 heterocycles. The minimum absolute atomic E-state index is 0.200. The highest BCUT2D eigenvalue weighted by Crippen LogP contribution is 2.22. The molecule has 1 aromatic heterocycles. The highest BCUT2D eigenvalue weighted by Gasteiger charge is 2.20. The monoisotopic (exact) mass is 316 g/mol. The molecule has 0 aromatic carbocycles. The molecule has 94 valence electrons. The molecule has 3 nitrogen and oxygen atoms in total. The van der Waals surface area contributed by atoms with E-state index in [0.29, 0.717) is 6.04 Å². The van der Waals surface area contributed by atoms with Crippen LogP contribution in [-0.4, -0.2) is 29.9 Å². The summed E-state index contributed by atoms with van der Waals surface area (Å²) in [5.41, 5.74) is 0. The van der Waals surface area contributed by atoms with Crippen molar-refractivity contribution in [1.29, 1.82) is 0 Å². The molecule has 0 saturated carbocycles. The lowest BCUT2D eigenvalue weighted by molar-refractivity contribution is -0.129. The van der Waals surface area contributed by atoms with Gasteiger partial charge in [0.25, 0.3) is 0 Å². The van der Waals surface area contributed by atoms with E-state index in [0.717, 1.165) is 32.5 Å². The first-order chi connectivity index (χ1) is 8.15. The van der Waals surface area contributed by atoms with Gasteiger partial charge in [0.15, 0.2) is 0 Å². The van der Waals surface area contributed by atoms with Crippen LogP contribution in [0, 0.1) is 0 Å².